The van der Waals surface area contributed by atoms with Gasteiger partial charge in [-0.15, -0.1) is 11.8 Å². The van der Waals surface area contributed by atoms with Crippen molar-refractivity contribution >= 4 is 33.4 Å². The Balaban J connectivity index is 1.93. The first-order valence-corrected chi connectivity index (χ1v) is 10.5. The van der Waals surface area contributed by atoms with E-state index in [-0.39, 0.29) is 10.9 Å². The van der Waals surface area contributed by atoms with Gasteiger partial charge >= 0.3 is 0 Å². The molecule has 1 aliphatic heterocycles. The molecule has 0 aliphatic carbocycles. The first-order chi connectivity index (χ1) is 13.5. The van der Waals surface area contributed by atoms with Crippen LogP contribution in [0.1, 0.15) is 33.1 Å². The third-order valence-electron chi connectivity index (χ3n) is 5.05. The first kappa shape index (κ1) is 18.6. The van der Waals surface area contributed by atoms with Gasteiger partial charge < -0.3 is 5.73 Å². The van der Waals surface area contributed by atoms with Crippen molar-refractivity contribution in [2.45, 2.75) is 23.5 Å². The quantitative estimate of drug-likeness (QED) is 0.480. The van der Waals surface area contributed by atoms with E-state index in [0.717, 1.165) is 32.5 Å². The second-order valence-electron chi connectivity index (χ2n) is 6.80. The molecular formula is C23H16BrN3S. The van der Waals surface area contributed by atoms with E-state index in [2.05, 4.69) is 59.3 Å². The number of thioether (sulfide) groups is 1. The highest BCUT2D eigenvalue weighted by molar-refractivity contribution is 9.10. The summed E-state index contributed by atoms with van der Waals surface area (Å²) >= 11 is 5.18. The van der Waals surface area contributed by atoms with E-state index >= 15 is 0 Å². The lowest BCUT2D eigenvalue weighted by Gasteiger charge is -2.15. The van der Waals surface area contributed by atoms with E-state index in [4.69, 9.17) is 5.73 Å². The summed E-state index contributed by atoms with van der Waals surface area (Å²) in [6.45, 7) is 2.07. The number of nitrogen functional groups attached to an aromatic ring is 1. The Kier molecular flexibility index (Phi) is 4.89. The summed E-state index contributed by atoms with van der Waals surface area (Å²) < 4.78 is 0.971. The summed E-state index contributed by atoms with van der Waals surface area (Å²) in [6, 6.07) is 20.8. The van der Waals surface area contributed by atoms with Crippen LogP contribution in [-0.4, -0.2) is 0 Å². The predicted octanol–water partition coefficient (Wildman–Crippen LogP) is 6.14. The van der Waals surface area contributed by atoms with Gasteiger partial charge in [-0.25, -0.2) is 0 Å². The molecule has 5 heteroatoms. The van der Waals surface area contributed by atoms with Crippen molar-refractivity contribution < 1.29 is 0 Å². The van der Waals surface area contributed by atoms with Crippen LogP contribution >= 0.6 is 27.7 Å². The van der Waals surface area contributed by atoms with Crippen LogP contribution < -0.4 is 5.73 Å². The van der Waals surface area contributed by atoms with Gasteiger partial charge in [0.1, 0.15) is 12.1 Å². The Bertz CT molecular complexity index is 1150. The first-order valence-electron chi connectivity index (χ1n) is 8.81. The summed E-state index contributed by atoms with van der Waals surface area (Å²) in [4.78, 5) is 0.996. The van der Waals surface area contributed by atoms with Gasteiger partial charge in [0.2, 0.25) is 0 Å². The highest BCUT2D eigenvalue weighted by Gasteiger charge is 2.32. The molecule has 0 fully saturated rings. The van der Waals surface area contributed by atoms with Crippen LogP contribution in [0.25, 0.3) is 11.1 Å². The van der Waals surface area contributed by atoms with E-state index in [9.17, 15) is 10.5 Å². The van der Waals surface area contributed by atoms with Gasteiger partial charge in [-0.3, -0.25) is 0 Å². The van der Waals surface area contributed by atoms with Crippen molar-refractivity contribution in [1.82, 2.24) is 0 Å². The molecule has 0 bridgehead atoms. The third-order valence-corrected chi connectivity index (χ3v) is 6.99. The van der Waals surface area contributed by atoms with Crippen LogP contribution in [0.4, 0.5) is 5.69 Å². The van der Waals surface area contributed by atoms with Crippen molar-refractivity contribution in [1.29, 1.82) is 10.5 Å². The Morgan fingerprint density at radius 1 is 1.00 bits per heavy atom. The fourth-order valence-electron chi connectivity index (χ4n) is 3.60. The van der Waals surface area contributed by atoms with E-state index in [0.29, 0.717) is 11.1 Å². The van der Waals surface area contributed by atoms with Gasteiger partial charge in [0.05, 0.1) is 16.8 Å². The number of nitriles is 2. The Morgan fingerprint density at radius 2 is 1.64 bits per heavy atom. The van der Waals surface area contributed by atoms with Crippen molar-refractivity contribution in [2.75, 3.05) is 5.73 Å². The molecule has 0 spiro atoms. The lowest BCUT2D eigenvalue weighted by Crippen LogP contribution is -2.03. The molecule has 28 heavy (non-hydrogen) atoms. The number of halogens is 1. The van der Waals surface area contributed by atoms with Crippen molar-refractivity contribution in [3.05, 3.63) is 80.8 Å². The van der Waals surface area contributed by atoms with E-state index in [1.165, 1.54) is 11.1 Å². The van der Waals surface area contributed by atoms with E-state index in [1.54, 1.807) is 11.8 Å². The Labute approximate surface area is 176 Å². The van der Waals surface area contributed by atoms with Crippen LogP contribution in [0.5, 0.6) is 0 Å². The zero-order valence-corrected chi connectivity index (χ0v) is 17.6. The highest BCUT2D eigenvalue weighted by atomic mass is 79.9. The predicted molar refractivity (Wildman–Crippen MR) is 117 cm³/mol. The fraction of sp³-hybridized carbons (Fsp3) is 0.130. The van der Waals surface area contributed by atoms with E-state index in [1.807, 2.05) is 24.3 Å². The topological polar surface area (TPSA) is 73.6 Å². The number of fused-ring (bicyclic) bond motifs is 1. The number of aryl methyl sites for hydroxylation is 1. The molecule has 4 rings (SSSR count). The average Bonchev–Trinajstić information content (AvgIpc) is 3.13. The number of nitrogens with zero attached hydrogens (tertiary/aromatic N) is 2. The summed E-state index contributed by atoms with van der Waals surface area (Å²) in [7, 11) is 0. The lowest BCUT2D eigenvalue weighted by molar-refractivity contribution is 0.945. The maximum atomic E-state index is 9.82. The number of hydrogen-bond donors (Lipinski definition) is 1. The van der Waals surface area contributed by atoms with E-state index < -0.39 is 0 Å². The second kappa shape index (κ2) is 7.36. The monoisotopic (exact) mass is 445 g/mol. The normalized spacial score (nSPS) is 14.9. The molecule has 2 N–H and O–H groups in total. The highest BCUT2D eigenvalue weighted by Crippen LogP contribution is 2.54. The lowest BCUT2D eigenvalue weighted by atomic mass is 9.90. The molecule has 0 amide bonds. The van der Waals surface area contributed by atoms with Crippen LogP contribution in [0.3, 0.4) is 0 Å². The van der Waals surface area contributed by atoms with Crippen molar-refractivity contribution in [3.8, 4) is 23.3 Å². The SMILES string of the molecule is Cc1ccc(C2Cc3c(C#N)c(N)c(C#N)c(-c4ccc(Br)cc4)c3S2)cc1. The summed E-state index contributed by atoms with van der Waals surface area (Å²) in [5.74, 6) is 0. The number of rotatable bonds is 2. The van der Waals surface area contributed by atoms with Crippen molar-refractivity contribution in [2.24, 2.45) is 0 Å². The Morgan fingerprint density at radius 3 is 2.25 bits per heavy atom. The third kappa shape index (κ3) is 3.07. The molecule has 3 aromatic rings. The molecule has 0 aromatic heterocycles. The molecule has 1 aliphatic rings. The van der Waals surface area contributed by atoms with Crippen molar-refractivity contribution in [3.63, 3.8) is 0 Å². The molecule has 1 unspecified atom stereocenters. The zero-order valence-electron chi connectivity index (χ0n) is 15.2. The fourth-order valence-corrected chi connectivity index (χ4v) is 5.35. The molecule has 3 aromatic carbocycles. The van der Waals surface area contributed by atoms with Gasteiger partial charge in [-0.2, -0.15) is 10.5 Å². The maximum absolute atomic E-state index is 9.82. The molecular weight excluding hydrogens is 430 g/mol. The summed E-state index contributed by atoms with van der Waals surface area (Å²) in [6.07, 6.45) is 0.728. The minimum atomic E-state index is 0.199. The summed E-state index contributed by atoms with van der Waals surface area (Å²) in [5, 5.41) is 19.8. The van der Waals surface area contributed by atoms with Crippen LogP contribution in [0, 0.1) is 29.6 Å². The second-order valence-corrected chi connectivity index (χ2v) is 8.93. The standard InChI is InChI=1S/C23H16BrN3S/c1-13-2-4-14(5-3-13)20-10-17-18(11-25)22(27)19(12-26)21(23(17)28-20)15-6-8-16(24)9-7-15/h2-9,20H,10,27H2,1H3. The molecule has 0 saturated heterocycles. The molecule has 3 nitrogen and oxygen atoms in total. The van der Waals surface area contributed by atoms with Gasteiger partial charge in [0.15, 0.2) is 0 Å². The summed E-state index contributed by atoms with van der Waals surface area (Å²) in [5.41, 5.74) is 12.5. The molecule has 1 atom stereocenters. The van der Waals surface area contributed by atoms with Gasteiger partial charge in [-0.1, -0.05) is 57.9 Å². The number of nitrogens with two attached hydrogens (primary N) is 1. The maximum Gasteiger partial charge on any atom is 0.102 e. The number of benzene rings is 3. The van der Waals surface area contributed by atoms with Gasteiger partial charge in [0.25, 0.3) is 0 Å². The zero-order chi connectivity index (χ0) is 19.8. The Hall–Kier alpha value is -2.73. The smallest absolute Gasteiger partial charge is 0.102 e. The molecule has 1 heterocycles. The minimum Gasteiger partial charge on any atom is -0.397 e. The van der Waals surface area contributed by atoms with Crippen LogP contribution in [0.2, 0.25) is 0 Å². The minimum absolute atomic E-state index is 0.199. The average molecular weight is 446 g/mol. The molecule has 136 valence electrons. The van der Waals surface area contributed by atoms with Gasteiger partial charge in [0, 0.05) is 20.2 Å². The van der Waals surface area contributed by atoms with Crippen LogP contribution in [-0.2, 0) is 6.42 Å². The largest absolute Gasteiger partial charge is 0.397 e. The number of hydrogen-bond acceptors (Lipinski definition) is 4. The molecule has 0 saturated carbocycles. The van der Waals surface area contributed by atoms with Crippen LogP contribution in [0.15, 0.2) is 57.9 Å². The molecule has 0 radical (unpaired) electrons. The van der Waals surface area contributed by atoms with Gasteiger partial charge in [-0.05, 0) is 42.2 Å². The number of anilines is 1.